The number of esters is 1. The van der Waals surface area contributed by atoms with Gasteiger partial charge in [0.2, 0.25) is 15.8 Å². The molecule has 10 heteroatoms. The van der Waals surface area contributed by atoms with Gasteiger partial charge in [0.15, 0.2) is 6.61 Å². The van der Waals surface area contributed by atoms with Gasteiger partial charge in [0, 0.05) is 31.0 Å². The van der Waals surface area contributed by atoms with Crippen molar-refractivity contribution in [3.63, 3.8) is 0 Å². The van der Waals surface area contributed by atoms with Crippen molar-refractivity contribution >= 4 is 16.0 Å². The van der Waals surface area contributed by atoms with Crippen LogP contribution in [0.5, 0.6) is 0 Å². The number of benzene rings is 1. The summed E-state index contributed by atoms with van der Waals surface area (Å²) in [5.41, 5.74) is 0.916. The van der Waals surface area contributed by atoms with Crippen LogP contribution in [0, 0.1) is 11.8 Å². The number of sulfonamides is 1. The third kappa shape index (κ3) is 4.86. The molecule has 1 aromatic carbocycles. The molecular weight excluding hydrogens is 432 g/mol. The van der Waals surface area contributed by atoms with Crippen molar-refractivity contribution in [1.82, 2.24) is 19.4 Å². The predicted octanol–water partition coefficient (Wildman–Crippen LogP) is 3.16. The van der Waals surface area contributed by atoms with E-state index in [9.17, 15) is 13.2 Å². The Morgan fingerprint density at radius 1 is 1.16 bits per heavy atom. The van der Waals surface area contributed by atoms with Gasteiger partial charge < -0.3 is 9.26 Å². The van der Waals surface area contributed by atoms with E-state index in [4.69, 9.17) is 9.26 Å². The Morgan fingerprint density at radius 2 is 1.88 bits per heavy atom. The van der Waals surface area contributed by atoms with E-state index >= 15 is 0 Å². The number of pyridine rings is 1. The Morgan fingerprint density at radius 3 is 2.53 bits per heavy atom. The second-order valence-corrected chi connectivity index (χ2v) is 10.1. The minimum absolute atomic E-state index is 0.143. The summed E-state index contributed by atoms with van der Waals surface area (Å²) in [7, 11) is -3.61. The maximum Gasteiger partial charge on any atom is 0.338 e. The van der Waals surface area contributed by atoms with E-state index in [1.165, 1.54) is 28.6 Å². The van der Waals surface area contributed by atoms with Gasteiger partial charge in [-0.2, -0.15) is 9.29 Å². The molecule has 0 aliphatic carbocycles. The van der Waals surface area contributed by atoms with Gasteiger partial charge >= 0.3 is 5.97 Å². The Bertz CT molecular complexity index is 1170. The van der Waals surface area contributed by atoms with Crippen LogP contribution in [0.4, 0.5) is 0 Å². The molecule has 32 heavy (non-hydrogen) atoms. The molecular formula is C22H24N4O5S. The first-order valence-electron chi connectivity index (χ1n) is 10.3. The van der Waals surface area contributed by atoms with Gasteiger partial charge in [-0.3, -0.25) is 4.98 Å². The fraction of sp³-hybridized carbons (Fsp3) is 0.364. The summed E-state index contributed by atoms with van der Waals surface area (Å²) in [5, 5.41) is 3.84. The number of carbonyl (C=O) groups is 1. The van der Waals surface area contributed by atoms with E-state index in [2.05, 4.69) is 29.0 Å². The van der Waals surface area contributed by atoms with Crippen LogP contribution >= 0.6 is 0 Å². The number of hydrogen-bond acceptors (Lipinski definition) is 8. The molecule has 1 aliphatic rings. The van der Waals surface area contributed by atoms with Crippen LogP contribution in [0.1, 0.15) is 36.5 Å². The lowest BCUT2D eigenvalue weighted by Gasteiger charge is -2.34. The van der Waals surface area contributed by atoms with Crippen molar-refractivity contribution in [2.75, 3.05) is 13.1 Å². The first-order valence-corrected chi connectivity index (χ1v) is 11.8. The normalized spacial score (nSPS) is 19.6. The Balaban J connectivity index is 1.39. The first kappa shape index (κ1) is 22.1. The molecule has 0 radical (unpaired) electrons. The Kier molecular flexibility index (Phi) is 6.33. The third-order valence-electron chi connectivity index (χ3n) is 5.28. The lowest BCUT2D eigenvalue weighted by molar-refractivity contribution is 0.0429. The zero-order valence-corrected chi connectivity index (χ0v) is 18.7. The standard InChI is InChI=1S/C22H24N4O5S/c1-15-10-16(2)13-26(12-15)32(28,29)19-7-5-17(6-8-19)22(27)30-14-20-24-21(25-31-20)18-4-3-9-23-11-18/h3-9,11,15-16H,10,12-14H2,1-2H3. The fourth-order valence-corrected chi connectivity index (χ4v) is 5.53. The maximum atomic E-state index is 13.0. The van der Waals surface area contributed by atoms with Crippen LogP contribution in [0.15, 0.2) is 58.2 Å². The molecule has 3 aromatic rings. The lowest BCUT2D eigenvalue weighted by Crippen LogP contribution is -2.42. The van der Waals surface area contributed by atoms with Crippen LogP contribution in [0.25, 0.3) is 11.4 Å². The van der Waals surface area contributed by atoms with E-state index in [1.54, 1.807) is 24.5 Å². The first-order chi connectivity index (χ1) is 15.3. The van der Waals surface area contributed by atoms with Crippen molar-refractivity contribution in [2.24, 2.45) is 11.8 Å². The monoisotopic (exact) mass is 456 g/mol. The molecule has 2 atom stereocenters. The van der Waals surface area contributed by atoms with Crippen LogP contribution in [0.2, 0.25) is 0 Å². The second-order valence-electron chi connectivity index (χ2n) is 8.12. The summed E-state index contributed by atoms with van der Waals surface area (Å²) in [5.74, 6) is 0.498. The number of carbonyl (C=O) groups excluding carboxylic acids is 1. The van der Waals surface area contributed by atoms with E-state index in [0.29, 0.717) is 36.3 Å². The summed E-state index contributed by atoms with van der Waals surface area (Å²) in [4.78, 5) is 20.7. The molecule has 3 heterocycles. The molecule has 4 rings (SSSR count). The summed E-state index contributed by atoms with van der Waals surface area (Å²) in [6.07, 6.45) is 4.25. The molecule has 1 fully saturated rings. The highest BCUT2D eigenvalue weighted by atomic mass is 32.2. The second kappa shape index (κ2) is 9.17. The molecule has 1 saturated heterocycles. The minimum atomic E-state index is -3.61. The number of ether oxygens (including phenoxy) is 1. The van der Waals surface area contributed by atoms with Crippen molar-refractivity contribution in [3.8, 4) is 11.4 Å². The SMILES string of the molecule is CC1CC(C)CN(S(=O)(=O)c2ccc(C(=O)OCc3nc(-c4cccnc4)no3)cc2)C1. The third-order valence-corrected chi connectivity index (χ3v) is 7.12. The van der Waals surface area contributed by atoms with Crippen LogP contribution < -0.4 is 0 Å². The molecule has 168 valence electrons. The van der Waals surface area contributed by atoms with Crippen LogP contribution in [-0.4, -0.2) is 46.9 Å². The Labute approximate surface area is 186 Å². The molecule has 2 unspecified atom stereocenters. The highest BCUT2D eigenvalue weighted by Crippen LogP contribution is 2.27. The zero-order valence-electron chi connectivity index (χ0n) is 17.8. The zero-order chi connectivity index (χ0) is 22.7. The summed E-state index contributed by atoms with van der Waals surface area (Å²) < 4.78 is 37.8. The summed E-state index contributed by atoms with van der Waals surface area (Å²) >= 11 is 0. The maximum absolute atomic E-state index is 13.0. The predicted molar refractivity (Wildman–Crippen MR) is 115 cm³/mol. The molecule has 1 aliphatic heterocycles. The largest absolute Gasteiger partial charge is 0.452 e. The number of hydrogen-bond donors (Lipinski definition) is 0. The number of rotatable bonds is 6. The van der Waals surface area contributed by atoms with Gasteiger partial charge in [-0.1, -0.05) is 19.0 Å². The van der Waals surface area contributed by atoms with Crippen LogP contribution in [0.3, 0.4) is 0 Å². The molecule has 0 bridgehead atoms. The van der Waals surface area contributed by atoms with E-state index in [0.717, 1.165) is 6.42 Å². The minimum Gasteiger partial charge on any atom is -0.452 e. The average molecular weight is 457 g/mol. The smallest absolute Gasteiger partial charge is 0.338 e. The van der Waals surface area contributed by atoms with E-state index in [-0.39, 0.29) is 23.0 Å². The van der Waals surface area contributed by atoms with Gasteiger partial charge in [-0.05, 0) is 54.7 Å². The van der Waals surface area contributed by atoms with Gasteiger partial charge in [0.1, 0.15) is 0 Å². The van der Waals surface area contributed by atoms with Gasteiger partial charge in [-0.15, -0.1) is 0 Å². The molecule has 0 spiro atoms. The van der Waals surface area contributed by atoms with E-state index in [1.807, 2.05) is 0 Å². The molecule has 0 saturated carbocycles. The van der Waals surface area contributed by atoms with Crippen LogP contribution in [-0.2, 0) is 21.4 Å². The Hall–Kier alpha value is -3.11. The summed E-state index contributed by atoms with van der Waals surface area (Å²) in [6, 6.07) is 9.30. The average Bonchev–Trinajstić information content (AvgIpc) is 3.27. The van der Waals surface area contributed by atoms with Crippen molar-refractivity contribution in [3.05, 3.63) is 60.2 Å². The number of piperidine rings is 1. The molecule has 0 N–H and O–H groups in total. The quantitative estimate of drug-likeness (QED) is 0.520. The topological polar surface area (TPSA) is 115 Å². The fourth-order valence-electron chi connectivity index (χ4n) is 3.85. The van der Waals surface area contributed by atoms with Gasteiger partial charge in [0.05, 0.1) is 10.5 Å². The van der Waals surface area contributed by atoms with Gasteiger partial charge in [0.25, 0.3) is 5.89 Å². The number of aromatic nitrogens is 3. The lowest BCUT2D eigenvalue weighted by atomic mass is 9.94. The van der Waals surface area contributed by atoms with Crippen molar-refractivity contribution in [1.29, 1.82) is 0 Å². The van der Waals surface area contributed by atoms with Crippen molar-refractivity contribution < 1.29 is 22.5 Å². The van der Waals surface area contributed by atoms with E-state index < -0.39 is 16.0 Å². The molecule has 0 amide bonds. The highest BCUT2D eigenvalue weighted by molar-refractivity contribution is 7.89. The molecule has 2 aromatic heterocycles. The van der Waals surface area contributed by atoms with Crippen molar-refractivity contribution in [2.45, 2.75) is 31.8 Å². The highest BCUT2D eigenvalue weighted by Gasteiger charge is 2.31. The molecule has 9 nitrogen and oxygen atoms in total. The van der Waals surface area contributed by atoms with Gasteiger partial charge in [-0.25, -0.2) is 13.2 Å². The number of nitrogens with zero attached hydrogens (tertiary/aromatic N) is 4. The summed E-state index contributed by atoms with van der Waals surface area (Å²) in [6.45, 7) is 4.92.